The average molecular weight is 545 g/mol. The van der Waals surface area contributed by atoms with Crippen molar-refractivity contribution in [1.82, 2.24) is 14.6 Å². The van der Waals surface area contributed by atoms with E-state index in [1.54, 1.807) is 13.8 Å². The molecule has 0 saturated carbocycles. The second-order valence-corrected chi connectivity index (χ2v) is 9.90. The maximum absolute atomic E-state index is 13.5. The first-order chi connectivity index (χ1) is 15.5. The number of alkyl halides is 3. The van der Waals surface area contributed by atoms with Crippen molar-refractivity contribution < 1.29 is 27.5 Å². The van der Waals surface area contributed by atoms with Crippen molar-refractivity contribution in [2.45, 2.75) is 58.7 Å². The molecule has 1 amide bonds. The predicted octanol–water partition coefficient (Wildman–Crippen LogP) is 5.58. The van der Waals surface area contributed by atoms with Crippen LogP contribution in [0.4, 0.5) is 18.2 Å². The molecule has 0 aromatic carbocycles. The summed E-state index contributed by atoms with van der Waals surface area (Å²) >= 11 is 4.46. The zero-order valence-electron chi connectivity index (χ0n) is 18.0. The third kappa shape index (κ3) is 4.50. The number of ether oxygens (including phenoxy) is 1. The molecule has 0 saturated heterocycles. The SMILES string of the molecule is Cc1cc(C(F)(F)F)n2nc(C(=O)Nc3sc4c(c3C(=O)OC(C)C)CCCC4)c(Br)c2n1. The van der Waals surface area contributed by atoms with Crippen molar-refractivity contribution >= 4 is 49.8 Å². The Morgan fingerprint density at radius 1 is 1.27 bits per heavy atom. The van der Waals surface area contributed by atoms with E-state index in [0.29, 0.717) is 21.5 Å². The molecule has 0 radical (unpaired) electrons. The Bertz CT molecular complexity index is 1270. The van der Waals surface area contributed by atoms with Crippen molar-refractivity contribution in [1.29, 1.82) is 0 Å². The van der Waals surface area contributed by atoms with E-state index in [-0.39, 0.29) is 27.6 Å². The van der Waals surface area contributed by atoms with E-state index in [9.17, 15) is 22.8 Å². The van der Waals surface area contributed by atoms with Crippen LogP contribution in [-0.4, -0.2) is 32.6 Å². The molecule has 0 spiro atoms. The van der Waals surface area contributed by atoms with Crippen LogP contribution in [0.15, 0.2) is 10.5 Å². The number of fused-ring (bicyclic) bond motifs is 2. The minimum Gasteiger partial charge on any atom is -0.459 e. The van der Waals surface area contributed by atoms with Gasteiger partial charge in [-0.3, -0.25) is 4.79 Å². The molecule has 1 aliphatic carbocycles. The third-order valence-electron chi connectivity index (χ3n) is 5.11. The third-order valence-corrected chi connectivity index (χ3v) is 7.05. The zero-order valence-corrected chi connectivity index (χ0v) is 20.4. The number of carbonyl (C=O) groups is 2. The molecular weight excluding hydrogens is 525 g/mol. The minimum absolute atomic E-state index is 0.0295. The maximum atomic E-state index is 13.5. The molecule has 33 heavy (non-hydrogen) atoms. The van der Waals surface area contributed by atoms with Crippen LogP contribution in [0.1, 0.15) is 69.4 Å². The van der Waals surface area contributed by atoms with Gasteiger partial charge in [0.1, 0.15) is 10.7 Å². The van der Waals surface area contributed by atoms with E-state index >= 15 is 0 Å². The van der Waals surface area contributed by atoms with Gasteiger partial charge in [-0.05, 0) is 74.0 Å². The van der Waals surface area contributed by atoms with Crippen molar-refractivity contribution in [3.63, 3.8) is 0 Å². The number of amides is 1. The van der Waals surface area contributed by atoms with Gasteiger partial charge in [-0.25, -0.2) is 14.3 Å². The second-order valence-electron chi connectivity index (χ2n) is 8.00. The van der Waals surface area contributed by atoms with E-state index in [1.165, 1.54) is 18.3 Å². The first-order valence-corrected chi connectivity index (χ1v) is 11.9. The summed E-state index contributed by atoms with van der Waals surface area (Å²) in [6.07, 6.45) is -1.66. The normalized spacial score (nSPS) is 13.9. The lowest BCUT2D eigenvalue weighted by molar-refractivity contribution is -0.142. The number of hydrogen-bond donors (Lipinski definition) is 1. The number of esters is 1. The van der Waals surface area contributed by atoms with Gasteiger partial charge in [0.25, 0.3) is 5.91 Å². The van der Waals surface area contributed by atoms with Gasteiger partial charge in [-0.1, -0.05) is 0 Å². The Labute approximate surface area is 199 Å². The summed E-state index contributed by atoms with van der Waals surface area (Å²) in [6, 6.07) is 0.863. The average Bonchev–Trinajstić information content (AvgIpc) is 3.23. The quantitative estimate of drug-likeness (QED) is 0.433. The van der Waals surface area contributed by atoms with Crippen LogP contribution in [0.2, 0.25) is 0 Å². The smallest absolute Gasteiger partial charge is 0.433 e. The van der Waals surface area contributed by atoms with Crippen LogP contribution < -0.4 is 5.32 Å². The van der Waals surface area contributed by atoms with Gasteiger partial charge in [-0.2, -0.15) is 18.3 Å². The van der Waals surface area contributed by atoms with Gasteiger partial charge in [0.15, 0.2) is 11.3 Å². The fourth-order valence-electron chi connectivity index (χ4n) is 3.77. The van der Waals surface area contributed by atoms with Gasteiger partial charge in [-0.15, -0.1) is 11.3 Å². The first kappa shape index (κ1) is 23.7. The number of halogens is 4. The van der Waals surface area contributed by atoms with E-state index in [0.717, 1.165) is 35.8 Å². The van der Waals surface area contributed by atoms with Gasteiger partial charge < -0.3 is 10.1 Å². The van der Waals surface area contributed by atoms with Gasteiger partial charge >= 0.3 is 12.1 Å². The van der Waals surface area contributed by atoms with E-state index in [2.05, 4.69) is 31.3 Å². The van der Waals surface area contributed by atoms with Gasteiger partial charge in [0.05, 0.1) is 16.1 Å². The Balaban J connectivity index is 1.76. The molecule has 1 N–H and O–H groups in total. The summed E-state index contributed by atoms with van der Waals surface area (Å²) in [6.45, 7) is 4.89. The molecule has 4 rings (SSSR count). The number of anilines is 1. The van der Waals surface area contributed by atoms with Gasteiger partial charge in [0, 0.05) is 10.6 Å². The fourth-order valence-corrected chi connectivity index (χ4v) is 5.55. The van der Waals surface area contributed by atoms with Crippen LogP contribution in [-0.2, 0) is 23.8 Å². The largest absolute Gasteiger partial charge is 0.459 e. The molecular formula is C21H20BrF3N4O3S. The predicted molar refractivity (Wildman–Crippen MR) is 120 cm³/mol. The highest BCUT2D eigenvalue weighted by Gasteiger charge is 2.36. The molecule has 3 heterocycles. The standard InChI is InChI=1S/C21H20BrF3N4O3S/c1-9(2)32-20(31)14-11-6-4-5-7-12(11)33-19(14)27-18(30)16-15(22)17-26-10(3)8-13(21(23,24)25)29(17)28-16/h8-9H,4-7H2,1-3H3,(H,27,30). The fraction of sp³-hybridized carbons (Fsp3) is 0.429. The molecule has 7 nitrogen and oxygen atoms in total. The maximum Gasteiger partial charge on any atom is 0.433 e. The van der Waals surface area contributed by atoms with Crippen LogP contribution in [0.5, 0.6) is 0 Å². The first-order valence-electron chi connectivity index (χ1n) is 10.3. The van der Waals surface area contributed by atoms with Crippen LogP contribution in [0.25, 0.3) is 5.65 Å². The number of carbonyl (C=O) groups excluding carboxylic acids is 2. The van der Waals surface area contributed by atoms with Crippen molar-refractivity contribution in [3.8, 4) is 0 Å². The van der Waals surface area contributed by atoms with Crippen LogP contribution in [0, 0.1) is 6.92 Å². The molecule has 0 aliphatic heterocycles. The van der Waals surface area contributed by atoms with Crippen molar-refractivity contribution in [2.75, 3.05) is 5.32 Å². The zero-order chi connectivity index (χ0) is 24.1. The summed E-state index contributed by atoms with van der Waals surface area (Å²) in [7, 11) is 0. The van der Waals surface area contributed by atoms with E-state index in [4.69, 9.17) is 4.74 Å². The topological polar surface area (TPSA) is 85.6 Å². The molecule has 3 aromatic rings. The van der Waals surface area contributed by atoms with Crippen molar-refractivity contribution in [3.05, 3.63) is 43.6 Å². The lowest BCUT2D eigenvalue weighted by Crippen LogP contribution is -2.18. The molecule has 1 aliphatic rings. The highest BCUT2D eigenvalue weighted by Crippen LogP contribution is 2.39. The summed E-state index contributed by atoms with van der Waals surface area (Å²) in [5, 5.41) is 6.87. The molecule has 12 heteroatoms. The number of hydrogen-bond acceptors (Lipinski definition) is 6. The molecule has 0 fully saturated rings. The molecule has 176 valence electrons. The van der Waals surface area contributed by atoms with Gasteiger partial charge in [0.2, 0.25) is 0 Å². The molecule has 3 aromatic heterocycles. The highest BCUT2D eigenvalue weighted by molar-refractivity contribution is 9.10. The van der Waals surface area contributed by atoms with E-state index in [1.807, 2.05) is 0 Å². The number of aromatic nitrogens is 3. The lowest BCUT2D eigenvalue weighted by atomic mass is 9.95. The number of aryl methyl sites for hydroxylation is 2. The Hall–Kier alpha value is -2.47. The van der Waals surface area contributed by atoms with Crippen LogP contribution >= 0.6 is 27.3 Å². The molecule has 0 bridgehead atoms. The van der Waals surface area contributed by atoms with Crippen molar-refractivity contribution in [2.24, 2.45) is 0 Å². The highest BCUT2D eigenvalue weighted by atomic mass is 79.9. The monoisotopic (exact) mass is 544 g/mol. The van der Waals surface area contributed by atoms with Crippen LogP contribution in [0.3, 0.4) is 0 Å². The summed E-state index contributed by atoms with van der Waals surface area (Å²) in [4.78, 5) is 31.0. The molecule has 0 atom stereocenters. The van der Waals surface area contributed by atoms with E-state index < -0.39 is 23.7 Å². The Morgan fingerprint density at radius 3 is 2.64 bits per heavy atom. The Morgan fingerprint density at radius 2 is 1.97 bits per heavy atom. The second kappa shape index (κ2) is 8.71. The number of nitrogens with one attached hydrogen (secondary N) is 1. The summed E-state index contributed by atoms with van der Waals surface area (Å²) < 4.78 is 46.5. The summed E-state index contributed by atoms with van der Waals surface area (Å²) in [5.41, 5.74) is -0.144. The number of nitrogens with zero attached hydrogens (tertiary/aromatic N) is 3. The lowest BCUT2D eigenvalue weighted by Gasteiger charge is -2.14. The molecule has 0 unspecified atom stereocenters. The number of rotatable bonds is 4. The number of thiophene rings is 1. The summed E-state index contributed by atoms with van der Waals surface area (Å²) in [5.74, 6) is -1.29. The Kier molecular flexibility index (Phi) is 6.25. The minimum atomic E-state index is -4.69.